The predicted molar refractivity (Wildman–Crippen MR) is 240 cm³/mol. The van der Waals surface area contributed by atoms with Crippen LogP contribution in [0.3, 0.4) is 0 Å². The van der Waals surface area contributed by atoms with Crippen molar-refractivity contribution in [2.75, 3.05) is 46.2 Å². The van der Waals surface area contributed by atoms with Gasteiger partial charge in [-0.15, -0.1) is 0 Å². The van der Waals surface area contributed by atoms with E-state index in [2.05, 4.69) is 4.57 Å². The summed E-state index contributed by atoms with van der Waals surface area (Å²) in [6.07, 6.45) is 4.01. The average Bonchev–Trinajstić information content (AvgIpc) is 3.59. The van der Waals surface area contributed by atoms with Crippen LogP contribution in [0.5, 0.6) is 5.75 Å². The molecule has 12 heteroatoms. The number of aromatic carboxylic acids is 1. The zero-order valence-corrected chi connectivity index (χ0v) is 36.7. The van der Waals surface area contributed by atoms with Crippen LogP contribution in [0.4, 0.5) is 4.79 Å². The van der Waals surface area contributed by atoms with E-state index >= 15 is 0 Å². The Morgan fingerprint density at radius 3 is 2.11 bits per heavy atom. The summed E-state index contributed by atoms with van der Waals surface area (Å²) in [6, 6.07) is 32.7. The summed E-state index contributed by atoms with van der Waals surface area (Å²) in [6.45, 7) is 6.85. The van der Waals surface area contributed by atoms with Crippen molar-refractivity contribution in [1.29, 1.82) is 0 Å². The van der Waals surface area contributed by atoms with Crippen LogP contribution >= 0.6 is 0 Å². The van der Waals surface area contributed by atoms with Gasteiger partial charge in [0.15, 0.2) is 6.29 Å². The largest absolute Gasteiger partial charge is 0.490 e. The molecule has 5 aromatic rings. The first-order valence-corrected chi connectivity index (χ1v) is 22.1. The highest BCUT2D eigenvalue weighted by molar-refractivity contribution is 5.99. The highest BCUT2D eigenvalue weighted by Gasteiger charge is 2.52. The topological polar surface area (TPSA) is 135 Å². The minimum atomic E-state index is -1.56. The van der Waals surface area contributed by atoms with Gasteiger partial charge in [-0.3, -0.25) is 4.90 Å². The Bertz CT molecular complexity index is 2280. The van der Waals surface area contributed by atoms with E-state index in [-0.39, 0.29) is 57.6 Å². The number of carbonyl (C=O) groups is 3. The first-order valence-electron chi connectivity index (χ1n) is 22.1. The molecule has 0 saturated heterocycles. The molecule has 2 aliphatic rings. The highest BCUT2D eigenvalue weighted by Crippen LogP contribution is 2.48. The Balaban J connectivity index is 1.31. The molecule has 2 heterocycles. The number of fused-ring (bicyclic) bond motifs is 5. The molecule has 1 unspecified atom stereocenters. The van der Waals surface area contributed by atoms with Crippen LogP contribution in [0.15, 0.2) is 103 Å². The third kappa shape index (κ3) is 11.2. The molecule has 0 bridgehead atoms. The van der Waals surface area contributed by atoms with E-state index in [4.69, 9.17) is 28.4 Å². The van der Waals surface area contributed by atoms with E-state index < -0.39 is 29.3 Å². The summed E-state index contributed by atoms with van der Waals surface area (Å²) in [5.41, 5.74) is 3.20. The summed E-state index contributed by atoms with van der Waals surface area (Å²) < 4.78 is 39.6. The Morgan fingerprint density at radius 1 is 0.825 bits per heavy atom. The van der Waals surface area contributed by atoms with Crippen LogP contribution in [-0.4, -0.2) is 96.4 Å². The summed E-state index contributed by atoms with van der Waals surface area (Å²) in [4.78, 5) is 42.7. The van der Waals surface area contributed by atoms with Gasteiger partial charge in [0.05, 0.1) is 64.1 Å². The van der Waals surface area contributed by atoms with Crippen LogP contribution in [0.25, 0.3) is 22.2 Å². The van der Waals surface area contributed by atoms with Crippen LogP contribution < -0.4 is 4.74 Å². The Hall–Kier alpha value is -5.53. The molecule has 7 rings (SSSR count). The van der Waals surface area contributed by atoms with Crippen LogP contribution in [-0.2, 0) is 48.2 Å². The number of carboxylic acid groups (broad SMARTS) is 1. The molecule has 1 saturated carbocycles. The average molecular weight is 861 g/mol. The summed E-state index contributed by atoms with van der Waals surface area (Å²) in [7, 11) is 0. The number of aldehydes is 1. The molecule has 63 heavy (non-hydrogen) atoms. The number of aromatic nitrogens is 1. The molecule has 2 atom stereocenters. The van der Waals surface area contributed by atoms with Crippen molar-refractivity contribution in [3.8, 4) is 17.0 Å². The maximum atomic E-state index is 14.8. The lowest BCUT2D eigenvalue weighted by molar-refractivity contribution is -0.140. The number of hydrogen-bond donors (Lipinski definition) is 1. The fourth-order valence-corrected chi connectivity index (χ4v) is 8.84. The number of amides is 1. The molecule has 1 aliphatic heterocycles. The van der Waals surface area contributed by atoms with Crippen LogP contribution in [0, 0.1) is 0 Å². The van der Waals surface area contributed by atoms with Crippen molar-refractivity contribution in [1.82, 2.24) is 9.47 Å². The van der Waals surface area contributed by atoms with Crippen LogP contribution in [0.1, 0.15) is 85.8 Å². The molecule has 1 aliphatic carbocycles. The SMILES string of the molecule is CC(C)(C)OC(=O)N(CCOCCOCc1ccccc1)[C@@]1(C(C=O)OCCOCc2ccccc2)COc2ccccc2-c2c(C3CCCCC3)c3ccc(C(=O)O)cc3n2C1. The van der Waals surface area contributed by atoms with Gasteiger partial charge in [0.25, 0.3) is 0 Å². The van der Waals surface area contributed by atoms with E-state index in [1.165, 1.54) is 4.90 Å². The third-order valence-corrected chi connectivity index (χ3v) is 11.8. The minimum absolute atomic E-state index is 0.00120. The maximum Gasteiger partial charge on any atom is 0.411 e. The molecule has 1 amide bonds. The molecular formula is C51H60N2O10. The van der Waals surface area contributed by atoms with Crippen LogP contribution in [0.2, 0.25) is 0 Å². The molecule has 12 nitrogen and oxygen atoms in total. The molecule has 334 valence electrons. The van der Waals surface area contributed by atoms with Crippen molar-refractivity contribution in [2.24, 2.45) is 0 Å². The fourth-order valence-electron chi connectivity index (χ4n) is 8.84. The molecular weight excluding hydrogens is 801 g/mol. The lowest BCUT2D eigenvalue weighted by Gasteiger charge is -2.47. The van der Waals surface area contributed by atoms with Crippen molar-refractivity contribution in [3.05, 3.63) is 125 Å². The second kappa shape index (κ2) is 21.2. The van der Waals surface area contributed by atoms with E-state index in [1.54, 1.807) is 32.9 Å². The number of ether oxygens (including phenoxy) is 6. The Kier molecular flexibility index (Phi) is 15.3. The number of para-hydroxylation sites is 1. The Labute approximate surface area is 370 Å². The zero-order chi connectivity index (χ0) is 44.2. The van der Waals surface area contributed by atoms with Gasteiger partial charge < -0.3 is 42.9 Å². The quantitative estimate of drug-likeness (QED) is 0.0632. The van der Waals surface area contributed by atoms with Crippen molar-refractivity contribution in [2.45, 2.75) is 95.8 Å². The van der Waals surface area contributed by atoms with Gasteiger partial charge in [-0.05, 0) is 80.5 Å². The molecule has 1 N–H and O–H groups in total. The van der Waals surface area contributed by atoms with E-state index in [1.807, 2.05) is 91.0 Å². The van der Waals surface area contributed by atoms with Gasteiger partial charge in [0.2, 0.25) is 0 Å². The lowest BCUT2D eigenvalue weighted by atomic mass is 9.81. The highest BCUT2D eigenvalue weighted by atomic mass is 16.6. The van der Waals surface area contributed by atoms with Gasteiger partial charge >= 0.3 is 12.1 Å². The number of hydrogen-bond acceptors (Lipinski definition) is 9. The predicted octanol–water partition coefficient (Wildman–Crippen LogP) is 9.46. The molecule has 0 radical (unpaired) electrons. The van der Waals surface area contributed by atoms with Gasteiger partial charge in [-0.1, -0.05) is 98.1 Å². The number of nitrogens with zero attached hydrogens (tertiary/aromatic N) is 2. The number of benzene rings is 4. The second-order valence-electron chi connectivity index (χ2n) is 17.4. The van der Waals surface area contributed by atoms with Gasteiger partial charge in [0.1, 0.15) is 29.6 Å². The van der Waals surface area contributed by atoms with E-state index in [0.29, 0.717) is 31.1 Å². The number of carboxylic acids is 1. The smallest absolute Gasteiger partial charge is 0.411 e. The lowest BCUT2D eigenvalue weighted by Crippen LogP contribution is -2.67. The van der Waals surface area contributed by atoms with Gasteiger partial charge in [-0.25, -0.2) is 9.59 Å². The maximum absolute atomic E-state index is 14.8. The van der Waals surface area contributed by atoms with E-state index in [9.17, 15) is 19.5 Å². The second-order valence-corrected chi connectivity index (χ2v) is 17.4. The summed E-state index contributed by atoms with van der Waals surface area (Å²) in [5.74, 6) is -0.306. The molecule has 4 aromatic carbocycles. The Morgan fingerprint density at radius 2 is 1.46 bits per heavy atom. The zero-order valence-electron chi connectivity index (χ0n) is 36.7. The number of carbonyl (C=O) groups excluding carboxylic acids is 2. The molecule has 0 spiro atoms. The first kappa shape index (κ1) is 45.5. The van der Waals surface area contributed by atoms with Gasteiger partial charge in [0, 0.05) is 23.0 Å². The normalized spacial score (nSPS) is 17.1. The molecule has 1 aromatic heterocycles. The van der Waals surface area contributed by atoms with E-state index in [0.717, 1.165) is 71.7 Å². The monoisotopic (exact) mass is 860 g/mol. The molecule has 1 fully saturated rings. The van der Waals surface area contributed by atoms with Crippen molar-refractivity contribution >= 4 is 29.3 Å². The minimum Gasteiger partial charge on any atom is -0.490 e. The standard InChI is InChI=1S/C51H60N2O10/c1-50(2,3)63-49(57)53(25-26-58-27-28-59-33-37-15-7-4-8-16-37)51(45(32-54)61-30-29-60-34-38-17-9-5-10-18-38)35-52-43-31-40(48(55)56)23-24-41(43)46(39-19-11-6-12-20-39)47(52)42-21-13-14-22-44(42)62-36-51/h4-5,7-10,13-18,21-24,31-32,39,45H,6,11-12,19-20,25-30,33-36H2,1-3H3,(H,55,56)/t45?,51-/m1/s1. The fraction of sp³-hybridized carbons (Fsp3) is 0.431. The summed E-state index contributed by atoms with van der Waals surface area (Å²) in [5, 5.41) is 11.2. The van der Waals surface area contributed by atoms with Crippen molar-refractivity contribution < 1.29 is 47.9 Å². The number of rotatable bonds is 19. The third-order valence-electron chi connectivity index (χ3n) is 11.8. The van der Waals surface area contributed by atoms with Crippen molar-refractivity contribution in [3.63, 3.8) is 0 Å². The first-order chi connectivity index (χ1) is 30.6. The summed E-state index contributed by atoms with van der Waals surface area (Å²) >= 11 is 0. The van der Waals surface area contributed by atoms with Gasteiger partial charge in [-0.2, -0.15) is 0 Å².